The molecule has 0 fully saturated rings. The predicted molar refractivity (Wildman–Crippen MR) is 67.9 cm³/mol. The van der Waals surface area contributed by atoms with Crippen LogP contribution in [0.15, 0.2) is 24.3 Å². The van der Waals surface area contributed by atoms with E-state index in [4.69, 9.17) is 5.26 Å². The highest BCUT2D eigenvalue weighted by molar-refractivity contribution is 5.91. The van der Waals surface area contributed by atoms with E-state index < -0.39 is 17.5 Å². The summed E-state index contributed by atoms with van der Waals surface area (Å²) in [5.41, 5.74) is -0.253. The number of likely N-dealkylation sites (N-methyl/N-ethyl adjacent to an activating group) is 1. The van der Waals surface area contributed by atoms with Crippen molar-refractivity contribution in [2.75, 3.05) is 7.05 Å². The highest BCUT2D eigenvalue weighted by Crippen LogP contribution is 2.14. The van der Waals surface area contributed by atoms with E-state index in [9.17, 15) is 13.6 Å². The van der Waals surface area contributed by atoms with Crippen molar-refractivity contribution in [1.29, 1.82) is 5.26 Å². The van der Waals surface area contributed by atoms with Gasteiger partial charge in [-0.05, 0) is 25.1 Å². The van der Waals surface area contributed by atoms with Crippen molar-refractivity contribution in [2.45, 2.75) is 19.4 Å². The fraction of sp³-hybridized carbons (Fsp3) is 0.286. The molecular formula is C14H14F2N2O. The zero-order valence-corrected chi connectivity index (χ0v) is 10.7. The molecule has 0 aromatic heterocycles. The highest BCUT2D eigenvalue weighted by atomic mass is 19.1. The van der Waals surface area contributed by atoms with Gasteiger partial charge in [-0.1, -0.05) is 6.07 Å². The van der Waals surface area contributed by atoms with Gasteiger partial charge in [-0.15, -0.1) is 0 Å². The van der Waals surface area contributed by atoms with Crippen LogP contribution in [0, 0.1) is 23.0 Å². The second kappa shape index (κ2) is 6.64. The molecule has 0 N–H and O–H groups in total. The fourth-order valence-electron chi connectivity index (χ4n) is 1.43. The van der Waals surface area contributed by atoms with Gasteiger partial charge in [-0.2, -0.15) is 5.26 Å². The van der Waals surface area contributed by atoms with Crippen molar-refractivity contribution < 1.29 is 13.6 Å². The van der Waals surface area contributed by atoms with Gasteiger partial charge in [0.05, 0.1) is 12.5 Å². The smallest absolute Gasteiger partial charge is 0.246 e. The van der Waals surface area contributed by atoms with Gasteiger partial charge in [0.25, 0.3) is 0 Å². The van der Waals surface area contributed by atoms with Crippen LogP contribution in [-0.4, -0.2) is 23.9 Å². The summed E-state index contributed by atoms with van der Waals surface area (Å²) in [4.78, 5) is 13.1. The molecule has 0 spiro atoms. The van der Waals surface area contributed by atoms with Crippen molar-refractivity contribution in [1.82, 2.24) is 4.90 Å². The number of benzene rings is 1. The molecule has 0 saturated heterocycles. The standard InChI is InChI=1S/C14H14F2N2O/c1-10(8-9-17)18(2)14(19)7-6-11-12(15)4-3-5-13(11)16/h3-7,10H,8H2,1-2H3/b7-6+. The molecule has 0 saturated carbocycles. The average molecular weight is 264 g/mol. The fourth-order valence-corrected chi connectivity index (χ4v) is 1.43. The van der Waals surface area contributed by atoms with Crippen molar-refractivity contribution in [2.24, 2.45) is 0 Å². The molecule has 0 radical (unpaired) electrons. The minimum absolute atomic E-state index is 0.199. The van der Waals surface area contributed by atoms with E-state index in [1.807, 2.05) is 6.07 Å². The third-order valence-corrected chi connectivity index (χ3v) is 2.79. The Labute approximate surface area is 110 Å². The van der Waals surface area contributed by atoms with Crippen LogP contribution >= 0.6 is 0 Å². The van der Waals surface area contributed by atoms with Gasteiger partial charge in [0.15, 0.2) is 0 Å². The molecule has 1 aromatic carbocycles. The number of rotatable bonds is 4. The Morgan fingerprint density at radius 1 is 1.47 bits per heavy atom. The molecule has 5 heteroatoms. The van der Waals surface area contributed by atoms with Crippen molar-refractivity contribution >= 4 is 12.0 Å². The Kier molecular flexibility index (Phi) is 5.19. The zero-order chi connectivity index (χ0) is 14.4. The second-order valence-electron chi connectivity index (χ2n) is 4.13. The number of halogens is 2. The number of hydrogen-bond donors (Lipinski definition) is 0. The maximum absolute atomic E-state index is 13.3. The SMILES string of the molecule is CC(CC#N)N(C)C(=O)/C=C/c1c(F)cccc1F. The number of nitrogens with zero attached hydrogens (tertiary/aromatic N) is 2. The maximum Gasteiger partial charge on any atom is 0.246 e. The van der Waals surface area contributed by atoms with Crippen molar-refractivity contribution in [3.05, 3.63) is 41.5 Å². The summed E-state index contributed by atoms with van der Waals surface area (Å²) in [5, 5.41) is 8.54. The monoisotopic (exact) mass is 264 g/mol. The third-order valence-electron chi connectivity index (χ3n) is 2.79. The topological polar surface area (TPSA) is 44.1 Å². The first kappa shape index (κ1) is 14.8. The van der Waals surface area contributed by atoms with Gasteiger partial charge in [0.1, 0.15) is 11.6 Å². The van der Waals surface area contributed by atoms with E-state index in [2.05, 4.69) is 0 Å². The molecule has 0 aliphatic carbocycles. The molecule has 0 heterocycles. The van der Waals surface area contributed by atoms with E-state index in [0.29, 0.717) is 0 Å². The Hall–Kier alpha value is -2.22. The van der Waals surface area contributed by atoms with Gasteiger partial charge < -0.3 is 4.90 Å². The molecule has 0 aliphatic heterocycles. The first-order chi connectivity index (χ1) is 8.97. The summed E-state index contributed by atoms with van der Waals surface area (Å²) < 4.78 is 26.6. The Balaban J connectivity index is 2.82. The van der Waals surface area contributed by atoms with Gasteiger partial charge >= 0.3 is 0 Å². The molecule has 1 unspecified atom stereocenters. The molecule has 19 heavy (non-hydrogen) atoms. The molecule has 1 rings (SSSR count). The molecule has 1 aromatic rings. The molecule has 100 valence electrons. The van der Waals surface area contributed by atoms with Gasteiger partial charge in [-0.25, -0.2) is 8.78 Å². The Bertz CT molecular complexity index is 514. The first-order valence-corrected chi connectivity index (χ1v) is 5.73. The summed E-state index contributed by atoms with van der Waals surface area (Å²) in [5.74, 6) is -1.86. The number of carbonyl (C=O) groups is 1. The van der Waals surface area contributed by atoms with Crippen LogP contribution < -0.4 is 0 Å². The number of carbonyl (C=O) groups excluding carboxylic acids is 1. The van der Waals surface area contributed by atoms with Gasteiger partial charge in [0.2, 0.25) is 5.91 Å². The quantitative estimate of drug-likeness (QED) is 0.785. The normalized spacial score (nSPS) is 12.2. The lowest BCUT2D eigenvalue weighted by Gasteiger charge is -2.21. The molecular weight excluding hydrogens is 250 g/mol. The van der Waals surface area contributed by atoms with Gasteiger partial charge in [-0.3, -0.25) is 4.79 Å². The van der Waals surface area contributed by atoms with Crippen molar-refractivity contribution in [3.8, 4) is 6.07 Å². The molecule has 3 nitrogen and oxygen atoms in total. The van der Waals surface area contributed by atoms with Gasteiger partial charge in [0, 0.05) is 24.7 Å². The van der Waals surface area contributed by atoms with Crippen LogP contribution in [0.1, 0.15) is 18.9 Å². The molecule has 1 amide bonds. The van der Waals surface area contributed by atoms with Crippen LogP contribution in [0.2, 0.25) is 0 Å². The minimum Gasteiger partial charge on any atom is -0.338 e. The second-order valence-corrected chi connectivity index (χ2v) is 4.13. The van der Waals surface area contributed by atoms with Crippen LogP contribution in [0.3, 0.4) is 0 Å². The number of nitriles is 1. The zero-order valence-electron chi connectivity index (χ0n) is 10.7. The lowest BCUT2D eigenvalue weighted by Crippen LogP contribution is -2.33. The summed E-state index contributed by atoms with van der Waals surface area (Å²) in [7, 11) is 1.53. The van der Waals surface area contributed by atoms with E-state index in [1.165, 1.54) is 18.0 Å². The number of hydrogen-bond acceptors (Lipinski definition) is 2. The predicted octanol–water partition coefficient (Wildman–Crippen LogP) is 2.74. The summed E-state index contributed by atoms with van der Waals surface area (Å²) >= 11 is 0. The first-order valence-electron chi connectivity index (χ1n) is 5.73. The Morgan fingerprint density at radius 3 is 2.58 bits per heavy atom. The molecule has 0 bridgehead atoms. The van der Waals surface area contributed by atoms with E-state index in [1.54, 1.807) is 6.92 Å². The van der Waals surface area contributed by atoms with Crippen LogP contribution in [0.25, 0.3) is 6.08 Å². The van der Waals surface area contributed by atoms with E-state index >= 15 is 0 Å². The van der Waals surface area contributed by atoms with Crippen molar-refractivity contribution in [3.63, 3.8) is 0 Å². The third kappa shape index (κ3) is 3.88. The van der Waals surface area contributed by atoms with Crippen LogP contribution in [0.4, 0.5) is 8.78 Å². The summed E-state index contributed by atoms with van der Waals surface area (Å²) in [6.45, 7) is 1.72. The van der Waals surface area contributed by atoms with Crippen LogP contribution in [0.5, 0.6) is 0 Å². The number of amides is 1. The largest absolute Gasteiger partial charge is 0.338 e. The molecule has 1 atom stereocenters. The molecule has 0 aliphatic rings. The summed E-state index contributed by atoms with van der Waals surface area (Å²) in [6.07, 6.45) is 2.39. The van der Waals surface area contributed by atoms with E-state index in [0.717, 1.165) is 24.3 Å². The summed E-state index contributed by atoms with van der Waals surface area (Å²) in [6, 6.07) is 5.20. The van der Waals surface area contributed by atoms with Crippen LogP contribution in [-0.2, 0) is 4.79 Å². The minimum atomic E-state index is -0.725. The maximum atomic E-state index is 13.3. The average Bonchev–Trinajstić information content (AvgIpc) is 2.37. The Morgan fingerprint density at radius 2 is 2.05 bits per heavy atom. The van der Waals surface area contributed by atoms with E-state index in [-0.39, 0.29) is 18.0 Å². The highest BCUT2D eigenvalue weighted by Gasteiger charge is 2.13. The lowest BCUT2D eigenvalue weighted by atomic mass is 10.1. The lowest BCUT2D eigenvalue weighted by molar-refractivity contribution is -0.126.